The van der Waals surface area contributed by atoms with Crippen molar-refractivity contribution in [1.29, 1.82) is 0 Å². The fourth-order valence-electron chi connectivity index (χ4n) is 1.04. The third kappa shape index (κ3) is 0.778. The minimum atomic E-state index is 0.882. The van der Waals surface area contributed by atoms with Gasteiger partial charge in [-0.2, -0.15) is 0 Å². The zero-order chi connectivity index (χ0) is 6.97. The van der Waals surface area contributed by atoms with E-state index in [1.807, 2.05) is 19.3 Å². The van der Waals surface area contributed by atoms with Crippen LogP contribution in [0.4, 0.5) is 0 Å². The number of aliphatic imine (C=N–C) groups is 1. The summed E-state index contributed by atoms with van der Waals surface area (Å²) in [6.07, 6.45) is 6.18. The summed E-state index contributed by atoms with van der Waals surface area (Å²) in [6.45, 7) is 0. The van der Waals surface area contributed by atoms with Crippen LogP contribution in [0.2, 0.25) is 0 Å². The molecule has 10 heavy (non-hydrogen) atoms. The van der Waals surface area contributed by atoms with Gasteiger partial charge in [0.05, 0.1) is 10.8 Å². The molecule has 0 N–H and O–H groups in total. The topological polar surface area (TPSA) is 15.6 Å². The van der Waals surface area contributed by atoms with Gasteiger partial charge in [0, 0.05) is 13.2 Å². The third-order valence-electron chi connectivity index (χ3n) is 1.55. The highest BCUT2D eigenvalue weighted by Crippen LogP contribution is 2.27. The van der Waals surface area contributed by atoms with Crippen molar-refractivity contribution in [3.63, 3.8) is 0 Å². The second kappa shape index (κ2) is 2.16. The number of rotatable bonds is 0. The van der Waals surface area contributed by atoms with Crippen LogP contribution in [0, 0.1) is 0 Å². The summed E-state index contributed by atoms with van der Waals surface area (Å²) < 4.78 is 0. The van der Waals surface area contributed by atoms with Gasteiger partial charge < -0.3 is 4.90 Å². The van der Waals surface area contributed by atoms with E-state index in [0.717, 1.165) is 11.7 Å². The molecule has 52 valence electrons. The van der Waals surface area contributed by atoms with Crippen LogP contribution < -0.4 is 0 Å². The van der Waals surface area contributed by atoms with Gasteiger partial charge in [0.15, 0.2) is 0 Å². The summed E-state index contributed by atoms with van der Waals surface area (Å²) in [5.41, 5.74) is 0. The van der Waals surface area contributed by atoms with E-state index in [4.69, 9.17) is 0 Å². The third-order valence-corrected chi connectivity index (χ3v) is 2.43. The van der Waals surface area contributed by atoms with Crippen LogP contribution in [-0.2, 0) is 0 Å². The van der Waals surface area contributed by atoms with Crippen molar-refractivity contribution >= 4 is 17.6 Å². The van der Waals surface area contributed by atoms with Crippen LogP contribution in [0.1, 0.15) is 0 Å². The van der Waals surface area contributed by atoms with Gasteiger partial charge in [-0.05, 0) is 12.2 Å². The summed E-state index contributed by atoms with van der Waals surface area (Å²) in [7, 11) is 2.02. The zero-order valence-electron chi connectivity index (χ0n) is 5.74. The highest BCUT2D eigenvalue weighted by atomic mass is 32.2. The van der Waals surface area contributed by atoms with Crippen LogP contribution in [0.15, 0.2) is 28.2 Å². The van der Waals surface area contributed by atoms with E-state index in [0.29, 0.717) is 0 Å². The summed E-state index contributed by atoms with van der Waals surface area (Å²) in [6, 6.07) is 0. The number of nitrogens with zero attached hydrogens (tertiary/aromatic N) is 2. The molecule has 0 aromatic heterocycles. The molecule has 0 unspecified atom stereocenters. The van der Waals surface area contributed by atoms with Crippen molar-refractivity contribution in [2.75, 3.05) is 12.9 Å². The van der Waals surface area contributed by atoms with E-state index in [-0.39, 0.29) is 0 Å². The molecule has 0 saturated heterocycles. The maximum atomic E-state index is 4.32. The SMILES string of the molecule is CN1C=CC=C2SCN=C21. The minimum Gasteiger partial charge on any atom is -0.335 e. The summed E-state index contributed by atoms with van der Waals surface area (Å²) in [5, 5.41) is 0. The van der Waals surface area contributed by atoms with Gasteiger partial charge >= 0.3 is 0 Å². The number of amidine groups is 1. The number of hydrogen-bond donors (Lipinski definition) is 0. The van der Waals surface area contributed by atoms with Gasteiger partial charge in [0.2, 0.25) is 0 Å². The lowest BCUT2D eigenvalue weighted by Crippen LogP contribution is -2.21. The second-order valence-electron chi connectivity index (χ2n) is 2.24. The number of likely N-dealkylation sites (N-methyl/N-ethyl adjacent to an activating group) is 1. The van der Waals surface area contributed by atoms with Gasteiger partial charge in [0.1, 0.15) is 5.84 Å². The average Bonchev–Trinajstić information content (AvgIpc) is 2.36. The van der Waals surface area contributed by atoms with Gasteiger partial charge in [0.25, 0.3) is 0 Å². The minimum absolute atomic E-state index is 0.882. The second-order valence-corrected chi connectivity index (χ2v) is 3.23. The highest BCUT2D eigenvalue weighted by Gasteiger charge is 2.17. The van der Waals surface area contributed by atoms with Gasteiger partial charge in [-0.1, -0.05) is 11.8 Å². The lowest BCUT2D eigenvalue weighted by atomic mass is 10.3. The predicted molar refractivity (Wildman–Crippen MR) is 44.9 cm³/mol. The summed E-state index contributed by atoms with van der Waals surface area (Å²) in [4.78, 5) is 7.67. The molecule has 0 aromatic rings. The molecule has 3 heteroatoms. The number of hydrogen-bond acceptors (Lipinski definition) is 3. The van der Waals surface area contributed by atoms with Crippen molar-refractivity contribution in [3.05, 3.63) is 23.3 Å². The van der Waals surface area contributed by atoms with Crippen LogP contribution in [0.25, 0.3) is 0 Å². The Labute approximate surface area is 64.3 Å². The van der Waals surface area contributed by atoms with Gasteiger partial charge in [-0.15, -0.1) is 0 Å². The summed E-state index contributed by atoms with van der Waals surface area (Å²) >= 11 is 1.79. The molecular weight excluding hydrogens is 144 g/mol. The highest BCUT2D eigenvalue weighted by molar-refractivity contribution is 8.04. The molecule has 2 nitrogen and oxygen atoms in total. The first-order chi connectivity index (χ1) is 4.88. The standard InChI is InChI=1S/C7H8N2S/c1-9-4-2-3-6-7(9)8-5-10-6/h2-4H,5H2,1H3. The molecule has 0 amide bonds. The predicted octanol–water partition coefficient (Wildman–Crippen LogP) is 1.43. The Bertz CT molecular complexity index is 240. The maximum Gasteiger partial charge on any atom is 0.142 e. The number of fused-ring (bicyclic) bond motifs is 1. The smallest absolute Gasteiger partial charge is 0.142 e. The number of thioether (sulfide) groups is 1. The zero-order valence-corrected chi connectivity index (χ0v) is 6.56. The van der Waals surface area contributed by atoms with Crippen LogP contribution in [0.3, 0.4) is 0 Å². The van der Waals surface area contributed by atoms with Gasteiger partial charge in [-0.25, -0.2) is 0 Å². The quantitative estimate of drug-likeness (QED) is 0.522. The molecule has 0 aliphatic carbocycles. The molecule has 2 aliphatic rings. The fourth-order valence-corrected chi connectivity index (χ4v) is 1.88. The molecule has 2 aliphatic heterocycles. The van der Waals surface area contributed by atoms with Crippen molar-refractivity contribution in [2.24, 2.45) is 4.99 Å². The molecule has 0 radical (unpaired) electrons. The first-order valence-electron chi connectivity index (χ1n) is 3.17. The van der Waals surface area contributed by atoms with E-state index in [1.54, 1.807) is 11.8 Å². The molecule has 0 fully saturated rings. The van der Waals surface area contributed by atoms with Crippen molar-refractivity contribution in [3.8, 4) is 0 Å². The molecule has 0 saturated carbocycles. The largest absolute Gasteiger partial charge is 0.335 e. The molecule has 0 spiro atoms. The van der Waals surface area contributed by atoms with Crippen LogP contribution in [-0.4, -0.2) is 23.7 Å². The fraction of sp³-hybridized carbons (Fsp3) is 0.286. The molecule has 2 rings (SSSR count). The Morgan fingerprint density at radius 1 is 1.70 bits per heavy atom. The Balaban J connectivity index is 2.39. The van der Waals surface area contributed by atoms with E-state index < -0.39 is 0 Å². The lowest BCUT2D eigenvalue weighted by Gasteiger charge is -2.16. The maximum absolute atomic E-state index is 4.32. The Morgan fingerprint density at radius 2 is 2.60 bits per heavy atom. The summed E-state index contributed by atoms with van der Waals surface area (Å²) in [5.74, 6) is 2.00. The first kappa shape index (κ1) is 6.04. The van der Waals surface area contributed by atoms with Crippen LogP contribution >= 0.6 is 11.8 Å². The van der Waals surface area contributed by atoms with E-state index in [2.05, 4.69) is 16.0 Å². The number of allylic oxidation sites excluding steroid dienone is 2. The van der Waals surface area contributed by atoms with E-state index >= 15 is 0 Å². The van der Waals surface area contributed by atoms with Crippen molar-refractivity contribution in [2.45, 2.75) is 0 Å². The molecule has 0 bridgehead atoms. The Morgan fingerprint density at radius 3 is 3.40 bits per heavy atom. The molecule has 0 atom stereocenters. The molecule has 2 heterocycles. The average molecular weight is 152 g/mol. The Hall–Kier alpha value is -0.700. The molecule has 0 aromatic carbocycles. The monoisotopic (exact) mass is 152 g/mol. The Kier molecular flexibility index (Phi) is 1.31. The van der Waals surface area contributed by atoms with Crippen molar-refractivity contribution < 1.29 is 0 Å². The van der Waals surface area contributed by atoms with Gasteiger partial charge in [-0.3, -0.25) is 4.99 Å². The lowest BCUT2D eigenvalue weighted by molar-refractivity contribution is 0.686. The van der Waals surface area contributed by atoms with Crippen LogP contribution in [0.5, 0.6) is 0 Å². The van der Waals surface area contributed by atoms with Crippen molar-refractivity contribution in [1.82, 2.24) is 4.90 Å². The van der Waals surface area contributed by atoms with E-state index in [1.165, 1.54) is 4.91 Å². The van der Waals surface area contributed by atoms with E-state index in [9.17, 15) is 0 Å². The first-order valence-corrected chi connectivity index (χ1v) is 4.15. The molecular formula is C7H8N2S. The normalized spacial score (nSPS) is 22.3.